The Morgan fingerprint density at radius 1 is 0.704 bits per heavy atom. The van der Waals surface area contributed by atoms with E-state index in [9.17, 15) is 9.90 Å². The van der Waals surface area contributed by atoms with E-state index in [1.54, 1.807) is 6.92 Å². The Labute approximate surface area is 173 Å². The molecule has 0 heterocycles. The van der Waals surface area contributed by atoms with Crippen molar-refractivity contribution in [3.05, 3.63) is 0 Å². The average Bonchev–Trinajstić information content (AvgIpc) is 3.35. The maximum atomic E-state index is 12.5. The summed E-state index contributed by atoms with van der Waals surface area (Å²) in [5.74, 6) is 10.5. The molecule has 0 bridgehead atoms. The lowest BCUT2D eigenvalue weighted by Crippen LogP contribution is -2.58. The van der Waals surface area contributed by atoms with Crippen LogP contribution >= 0.6 is 31.9 Å². The number of halogens is 2. The maximum Gasteiger partial charge on any atom is 0.303 e. The zero-order chi connectivity index (χ0) is 17.5. The van der Waals surface area contributed by atoms with Crippen molar-refractivity contribution in [1.29, 1.82) is 0 Å². The lowest BCUT2D eigenvalue weighted by atomic mass is 9.73. The van der Waals surface area contributed by atoms with Gasteiger partial charge < -0.3 is 9.84 Å². The number of alkyl halides is 2. The predicted molar refractivity (Wildman–Crippen MR) is 98.6 cm³/mol. The van der Waals surface area contributed by atoms with E-state index in [1.807, 2.05) is 0 Å². The minimum atomic E-state index is -0.442. The van der Waals surface area contributed by atoms with Gasteiger partial charge in [0.1, 0.15) is 5.60 Å². The summed E-state index contributed by atoms with van der Waals surface area (Å²) in [7, 11) is 0. The van der Waals surface area contributed by atoms with E-state index in [0.29, 0.717) is 82.9 Å². The van der Waals surface area contributed by atoms with Gasteiger partial charge in [-0.2, -0.15) is 0 Å². The predicted octanol–water partition coefficient (Wildman–Crippen LogP) is 2.30. The maximum absolute atomic E-state index is 12.5. The van der Waals surface area contributed by atoms with Crippen LogP contribution in [0.2, 0.25) is 0 Å². The lowest BCUT2D eigenvalue weighted by molar-refractivity contribution is -0.168. The van der Waals surface area contributed by atoms with Gasteiger partial charge in [0.2, 0.25) is 0 Å². The van der Waals surface area contributed by atoms with Gasteiger partial charge in [-0.25, -0.2) is 0 Å². The number of hydrogen-bond donors (Lipinski definition) is 1. The minimum Gasteiger partial charge on any atom is -0.457 e. The lowest BCUT2D eigenvalue weighted by Gasteiger charge is -2.47. The van der Waals surface area contributed by atoms with Crippen molar-refractivity contribution in [2.24, 2.45) is 94.7 Å². The molecule has 1 N–H and O–H groups in total. The van der Waals surface area contributed by atoms with Crippen molar-refractivity contribution >= 4 is 37.8 Å². The van der Waals surface area contributed by atoms with Crippen molar-refractivity contribution in [2.75, 3.05) is 0 Å². The van der Waals surface area contributed by atoms with Crippen molar-refractivity contribution < 1.29 is 14.6 Å². The van der Waals surface area contributed by atoms with Crippen LogP contribution in [0.5, 0.6) is 0 Å². The minimum absolute atomic E-state index is 0.0377. The molecule has 0 spiro atoms. The van der Waals surface area contributed by atoms with Crippen LogP contribution in [0.15, 0.2) is 0 Å². The molecule has 12 aliphatic rings. The fraction of sp³-hybridized carbons (Fsp3) is 0.955. The third-order valence-electron chi connectivity index (χ3n) is 13.9. The van der Waals surface area contributed by atoms with Crippen LogP contribution in [-0.2, 0) is 9.53 Å². The average molecular weight is 492 g/mol. The van der Waals surface area contributed by atoms with E-state index in [4.69, 9.17) is 4.74 Å². The second-order valence-corrected chi connectivity index (χ2v) is 15.2. The standard InChI is InChI=1S/C22H20Br2O3/c1-2(25)27-22-17-7-5-11-3-4-12-6-8(14(4)20(22,24)13(3)7)18(22)10-9(17)15(5)21(26,16(6)10)19(11,12)23/h3-18,26H,1H3/t3-,4+,5+,6-,7-,8+,9+,10-,11-,12+,13+,14-,15-,16+,17+,18-,19?,20?,21?,22?. The molecule has 12 aliphatic carbocycles. The smallest absolute Gasteiger partial charge is 0.303 e. The highest BCUT2D eigenvalue weighted by atomic mass is 79.9. The first-order valence-corrected chi connectivity index (χ1v) is 12.8. The van der Waals surface area contributed by atoms with Gasteiger partial charge in [-0.1, -0.05) is 31.9 Å². The number of carbonyl (C=O) groups excluding carboxylic acids is 1. The summed E-state index contributed by atoms with van der Waals surface area (Å²) in [5.41, 5.74) is -0.672. The largest absolute Gasteiger partial charge is 0.457 e. The number of ether oxygens (including phenoxy) is 1. The Kier molecular flexibility index (Phi) is 1.47. The topological polar surface area (TPSA) is 46.5 Å². The molecule has 0 aromatic heterocycles. The Bertz CT molecular complexity index is 944. The molecule has 3 nitrogen and oxygen atoms in total. The number of hydrogen-bond acceptors (Lipinski definition) is 3. The van der Waals surface area contributed by atoms with Gasteiger partial charge >= 0.3 is 5.97 Å². The Morgan fingerprint density at radius 3 is 1.56 bits per heavy atom. The summed E-state index contributed by atoms with van der Waals surface area (Å²) in [6.45, 7) is 1.65. The summed E-state index contributed by atoms with van der Waals surface area (Å²) < 4.78 is 6.70. The van der Waals surface area contributed by atoms with Crippen LogP contribution in [0.4, 0.5) is 0 Å². The Balaban J connectivity index is 1.39. The fourth-order valence-electron chi connectivity index (χ4n) is 15.6. The van der Waals surface area contributed by atoms with Crippen molar-refractivity contribution in [3.8, 4) is 0 Å². The molecule has 0 amide bonds. The monoisotopic (exact) mass is 490 g/mol. The zero-order valence-electron chi connectivity index (χ0n) is 14.8. The highest BCUT2D eigenvalue weighted by molar-refractivity contribution is 9.10. The van der Waals surface area contributed by atoms with E-state index in [0.717, 1.165) is 11.8 Å². The molecule has 4 unspecified atom stereocenters. The van der Waals surface area contributed by atoms with Crippen LogP contribution in [0.1, 0.15) is 6.92 Å². The summed E-state index contributed by atoms with van der Waals surface area (Å²) in [6.07, 6.45) is 0. The molecular formula is C22H20Br2O3. The number of carbonyl (C=O) groups is 1. The third-order valence-corrected chi connectivity index (χ3v) is 17.3. The molecule has 0 aromatic carbocycles. The molecule has 12 fully saturated rings. The summed E-state index contributed by atoms with van der Waals surface area (Å²) in [5, 5.41) is 12.5. The van der Waals surface area contributed by atoms with Crippen LogP contribution in [0.3, 0.4) is 0 Å². The van der Waals surface area contributed by atoms with Gasteiger partial charge in [-0.05, 0) is 82.9 Å². The fourth-order valence-corrected chi connectivity index (χ4v) is 19.2. The molecule has 140 valence electrons. The SMILES string of the molecule is CC(=O)OC12[C@H]3[C@@H]4[C@@H]5[C@@H]6[C@@H]3[C@@H]3[C@@H]7[C@@H]8[C@@H]([C@H]9[C@H]%10[C@H]([C@H]5C(Br)([C@H]8%10)C76O)[C@@H]4C91Br)[C@H]32. The van der Waals surface area contributed by atoms with E-state index in [-0.39, 0.29) is 20.2 Å². The van der Waals surface area contributed by atoms with E-state index in [2.05, 4.69) is 31.9 Å². The van der Waals surface area contributed by atoms with Crippen LogP contribution in [0, 0.1) is 94.7 Å². The number of esters is 1. The van der Waals surface area contributed by atoms with Crippen molar-refractivity contribution in [1.82, 2.24) is 0 Å². The zero-order valence-corrected chi connectivity index (χ0v) is 17.9. The summed E-state index contributed by atoms with van der Waals surface area (Å²) >= 11 is 8.87. The highest BCUT2D eigenvalue weighted by Crippen LogP contribution is 3.06. The molecule has 0 aliphatic heterocycles. The second-order valence-electron chi connectivity index (χ2n) is 12.6. The van der Waals surface area contributed by atoms with E-state index >= 15 is 0 Å². The van der Waals surface area contributed by atoms with Crippen molar-refractivity contribution in [3.63, 3.8) is 0 Å². The van der Waals surface area contributed by atoms with Gasteiger partial charge in [-0.3, -0.25) is 4.79 Å². The molecular weight excluding hydrogens is 472 g/mol. The Morgan fingerprint density at radius 2 is 1.07 bits per heavy atom. The molecule has 27 heavy (non-hydrogen) atoms. The Hall–Kier alpha value is 0.390. The summed E-state index contributed by atoms with van der Waals surface area (Å²) in [6, 6.07) is 0. The molecule has 12 saturated carbocycles. The number of rotatable bonds is 1. The van der Waals surface area contributed by atoms with Crippen LogP contribution < -0.4 is 0 Å². The first kappa shape index (κ1) is 13.6. The normalized spacial score (nSPS) is 93.9. The molecule has 5 heteroatoms. The number of aliphatic hydroxyl groups is 1. The van der Waals surface area contributed by atoms with Gasteiger partial charge in [0.05, 0.1) is 14.2 Å². The van der Waals surface area contributed by atoms with E-state index in [1.165, 1.54) is 0 Å². The van der Waals surface area contributed by atoms with Crippen molar-refractivity contribution in [2.45, 2.75) is 26.8 Å². The van der Waals surface area contributed by atoms with Gasteiger partial charge in [0.15, 0.2) is 0 Å². The van der Waals surface area contributed by atoms with Gasteiger partial charge in [0.25, 0.3) is 0 Å². The summed E-state index contributed by atoms with van der Waals surface area (Å²) in [4.78, 5) is 12.5. The quantitative estimate of drug-likeness (QED) is 0.452. The molecule has 12 rings (SSSR count). The highest BCUT2D eigenvalue weighted by Gasteiger charge is 3.10. The van der Waals surface area contributed by atoms with Crippen LogP contribution in [-0.4, -0.2) is 30.9 Å². The van der Waals surface area contributed by atoms with Gasteiger partial charge in [0, 0.05) is 18.8 Å². The first-order chi connectivity index (χ1) is 12.9. The third kappa shape index (κ3) is 0.685. The molecule has 0 radical (unpaired) electrons. The molecule has 20 atom stereocenters. The second kappa shape index (κ2) is 2.92. The molecule has 0 saturated heterocycles. The first-order valence-electron chi connectivity index (χ1n) is 11.2. The van der Waals surface area contributed by atoms with Gasteiger partial charge in [-0.15, -0.1) is 0 Å². The van der Waals surface area contributed by atoms with Crippen LogP contribution in [0.25, 0.3) is 0 Å². The van der Waals surface area contributed by atoms with E-state index < -0.39 is 5.60 Å². The molecule has 0 aromatic rings.